The van der Waals surface area contributed by atoms with Gasteiger partial charge in [0, 0.05) is 38.8 Å². The summed E-state index contributed by atoms with van der Waals surface area (Å²) in [6, 6.07) is 3.83. The molecule has 1 saturated heterocycles. The minimum atomic E-state index is -0.556. The third kappa shape index (κ3) is 5.80. The standard InChI is InChI=1S/C20H26FN5O3S/c1-3-22-9-11-25(2)20(28)29-16-7-6-15(21)12-14(16)13-17-18(27)24-19(30-17)26-10-5-4-8-23-26/h6-7,12-13,22-23H,3-5,8-11H2,1-2H3/b17-13+. The van der Waals surface area contributed by atoms with Crippen molar-refractivity contribution in [1.29, 1.82) is 0 Å². The molecule has 0 spiro atoms. The zero-order chi connectivity index (χ0) is 21.5. The summed E-state index contributed by atoms with van der Waals surface area (Å²) in [5.41, 5.74) is 3.52. The van der Waals surface area contributed by atoms with Crippen molar-refractivity contribution < 1.29 is 18.7 Å². The molecule has 1 aromatic rings. The first kappa shape index (κ1) is 22.3. The fraction of sp³-hybridized carbons (Fsp3) is 0.450. The van der Waals surface area contributed by atoms with E-state index >= 15 is 0 Å². The number of nitrogens with one attached hydrogen (secondary N) is 2. The maximum atomic E-state index is 13.9. The van der Waals surface area contributed by atoms with E-state index in [0.717, 1.165) is 32.5 Å². The Bertz CT molecular complexity index is 855. The highest BCUT2D eigenvalue weighted by Crippen LogP contribution is 2.33. The number of ether oxygens (including phenoxy) is 1. The van der Waals surface area contributed by atoms with E-state index in [9.17, 15) is 14.0 Å². The Morgan fingerprint density at radius 3 is 3.03 bits per heavy atom. The van der Waals surface area contributed by atoms with Crippen LogP contribution in [0.3, 0.4) is 0 Å². The number of thioether (sulfide) groups is 1. The topological polar surface area (TPSA) is 86.3 Å². The van der Waals surface area contributed by atoms with Crippen molar-refractivity contribution in [2.24, 2.45) is 4.99 Å². The number of aliphatic imine (C=N–C) groups is 1. The third-order valence-electron chi connectivity index (χ3n) is 4.59. The minimum absolute atomic E-state index is 0.183. The molecule has 0 aliphatic carbocycles. The second-order valence-electron chi connectivity index (χ2n) is 6.90. The zero-order valence-electron chi connectivity index (χ0n) is 17.1. The van der Waals surface area contributed by atoms with Crippen LogP contribution in [0.4, 0.5) is 9.18 Å². The van der Waals surface area contributed by atoms with E-state index in [-0.39, 0.29) is 5.75 Å². The van der Waals surface area contributed by atoms with Gasteiger partial charge in [0.2, 0.25) is 0 Å². The van der Waals surface area contributed by atoms with Crippen LogP contribution in [0.2, 0.25) is 0 Å². The van der Waals surface area contributed by atoms with E-state index in [4.69, 9.17) is 4.74 Å². The summed E-state index contributed by atoms with van der Waals surface area (Å²) >= 11 is 1.22. The highest BCUT2D eigenvalue weighted by atomic mass is 32.2. The normalized spacial score (nSPS) is 18.0. The third-order valence-corrected chi connectivity index (χ3v) is 5.60. The molecule has 2 heterocycles. The first-order valence-electron chi connectivity index (χ1n) is 9.94. The van der Waals surface area contributed by atoms with Gasteiger partial charge in [-0.3, -0.25) is 9.80 Å². The number of amidine groups is 1. The van der Waals surface area contributed by atoms with Gasteiger partial charge in [-0.2, -0.15) is 4.99 Å². The minimum Gasteiger partial charge on any atom is -0.410 e. The molecular formula is C20H26FN5O3S. The van der Waals surface area contributed by atoms with E-state index in [1.165, 1.54) is 40.9 Å². The second kappa shape index (κ2) is 10.6. The van der Waals surface area contributed by atoms with Crippen LogP contribution in [0.15, 0.2) is 28.1 Å². The van der Waals surface area contributed by atoms with Crippen molar-refractivity contribution in [1.82, 2.24) is 20.7 Å². The predicted octanol–water partition coefficient (Wildman–Crippen LogP) is 2.44. The average Bonchev–Trinajstić information content (AvgIpc) is 3.11. The molecule has 0 aromatic heterocycles. The number of nitrogens with zero attached hydrogens (tertiary/aromatic N) is 3. The molecule has 2 aliphatic rings. The number of amides is 2. The van der Waals surface area contributed by atoms with Crippen molar-refractivity contribution in [3.8, 4) is 5.75 Å². The predicted molar refractivity (Wildman–Crippen MR) is 116 cm³/mol. The Labute approximate surface area is 179 Å². The molecule has 3 rings (SSSR count). The molecule has 0 saturated carbocycles. The van der Waals surface area contributed by atoms with Gasteiger partial charge in [-0.1, -0.05) is 6.92 Å². The van der Waals surface area contributed by atoms with Crippen molar-refractivity contribution in [2.75, 3.05) is 39.8 Å². The monoisotopic (exact) mass is 435 g/mol. The molecule has 0 radical (unpaired) electrons. The van der Waals surface area contributed by atoms with Crippen LogP contribution in [0.25, 0.3) is 6.08 Å². The molecule has 2 aliphatic heterocycles. The summed E-state index contributed by atoms with van der Waals surface area (Å²) in [5.74, 6) is -0.703. The molecular weight excluding hydrogens is 409 g/mol. The summed E-state index contributed by atoms with van der Waals surface area (Å²) < 4.78 is 19.3. The lowest BCUT2D eigenvalue weighted by molar-refractivity contribution is -0.113. The Balaban J connectivity index is 1.72. The average molecular weight is 436 g/mol. The Morgan fingerprint density at radius 1 is 1.47 bits per heavy atom. The van der Waals surface area contributed by atoms with E-state index in [1.807, 2.05) is 11.9 Å². The lowest BCUT2D eigenvalue weighted by Gasteiger charge is -2.28. The first-order valence-corrected chi connectivity index (χ1v) is 10.8. The van der Waals surface area contributed by atoms with Gasteiger partial charge in [-0.05, 0) is 55.4 Å². The van der Waals surface area contributed by atoms with Crippen LogP contribution in [-0.4, -0.2) is 66.8 Å². The number of likely N-dealkylation sites (N-methyl/N-ethyl adjacent to an activating group) is 2. The summed E-state index contributed by atoms with van der Waals surface area (Å²) in [7, 11) is 1.63. The number of carbonyl (C=O) groups excluding carboxylic acids is 2. The lowest BCUT2D eigenvalue weighted by Crippen LogP contribution is -2.45. The molecule has 2 N–H and O–H groups in total. The zero-order valence-corrected chi connectivity index (χ0v) is 17.9. The molecule has 30 heavy (non-hydrogen) atoms. The first-order chi connectivity index (χ1) is 14.5. The van der Waals surface area contributed by atoms with Crippen LogP contribution in [0.5, 0.6) is 5.75 Å². The van der Waals surface area contributed by atoms with Gasteiger partial charge in [0.1, 0.15) is 11.6 Å². The fourth-order valence-corrected chi connectivity index (χ4v) is 3.83. The van der Waals surface area contributed by atoms with E-state index < -0.39 is 17.8 Å². The summed E-state index contributed by atoms with van der Waals surface area (Å²) in [6.45, 7) is 5.50. The van der Waals surface area contributed by atoms with Gasteiger partial charge in [0.05, 0.1) is 4.91 Å². The smallest absolute Gasteiger partial charge is 0.410 e. The number of hydrogen-bond acceptors (Lipinski definition) is 7. The van der Waals surface area contributed by atoms with E-state index in [2.05, 4.69) is 15.7 Å². The molecule has 0 atom stereocenters. The number of halogens is 1. The van der Waals surface area contributed by atoms with Crippen LogP contribution < -0.4 is 15.5 Å². The number of hydrazine groups is 1. The maximum Gasteiger partial charge on any atom is 0.415 e. The van der Waals surface area contributed by atoms with Crippen molar-refractivity contribution >= 4 is 35.0 Å². The lowest BCUT2D eigenvalue weighted by atomic mass is 10.2. The number of carbonyl (C=O) groups is 2. The van der Waals surface area contributed by atoms with Crippen molar-refractivity contribution in [2.45, 2.75) is 19.8 Å². The Kier molecular flexibility index (Phi) is 7.83. The van der Waals surface area contributed by atoms with Crippen LogP contribution in [-0.2, 0) is 4.79 Å². The van der Waals surface area contributed by atoms with E-state index in [0.29, 0.717) is 28.7 Å². The SMILES string of the molecule is CCNCCN(C)C(=O)Oc1ccc(F)cc1/C=C1/SC(N2CCCCN2)=NC1=O. The fourth-order valence-electron chi connectivity index (χ4n) is 2.92. The van der Waals surface area contributed by atoms with Gasteiger partial charge in [0.25, 0.3) is 5.91 Å². The summed E-state index contributed by atoms with van der Waals surface area (Å²) in [4.78, 5) is 30.6. The van der Waals surface area contributed by atoms with Gasteiger partial charge in [-0.25, -0.2) is 14.6 Å². The largest absolute Gasteiger partial charge is 0.415 e. The molecule has 2 amide bonds. The highest BCUT2D eigenvalue weighted by molar-refractivity contribution is 8.18. The Morgan fingerprint density at radius 2 is 2.30 bits per heavy atom. The number of rotatable bonds is 6. The van der Waals surface area contributed by atoms with E-state index in [1.54, 1.807) is 7.05 Å². The molecule has 0 unspecified atom stereocenters. The highest BCUT2D eigenvalue weighted by Gasteiger charge is 2.27. The molecule has 162 valence electrons. The maximum absolute atomic E-state index is 13.9. The Hall–Kier alpha value is -2.43. The van der Waals surface area contributed by atoms with Crippen molar-refractivity contribution in [3.63, 3.8) is 0 Å². The second-order valence-corrected chi connectivity index (χ2v) is 7.91. The molecule has 1 aromatic carbocycles. The molecule has 8 nitrogen and oxygen atoms in total. The van der Waals surface area contributed by atoms with Gasteiger partial charge >= 0.3 is 6.09 Å². The number of benzene rings is 1. The van der Waals surface area contributed by atoms with Crippen LogP contribution in [0, 0.1) is 5.82 Å². The quantitative estimate of drug-likeness (QED) is 0.524. The summed E-state index contributed by atoms with van der Waals surface area (Å²) in [5, 5.41) is 5.56. The van der Waals surface area contributed by atoms with Crippen LogP contribution in [0.1, 0.15) is 25.3 Å². The summed E-state index contributed by atoms with van der Waals surface area (Å²) in [6.07, 6.45) is 3.05. The van der Waals surface area contributed by atoms with Crippen molar-refractivity contribution in [3.05, 3.63) is 34.5 Å². The molecule has 10 heteroatoms. The van der Waals surface area contributed by atoms with Gasteiger partial charge < -0.3 is 15.0 Å². The van der Waals surface area contributed by atoms with Crippen LogP contribution >= 0.6 is 11.8 Å². The van der Waals surface area contributed by atoms with Gasteiger partial charge in [-0.15, -0.1) is 0 Å². The van der Waals surface area contributed by atoms with Gasteiger partial charge in [0.15, 0.2) is 5.17 Å². The number of hydrogen-bond donors (Lipinski definition) is 2. The molecule has 0 bridgehead atoms. The molecule has 1 fully saturated rings.